The van der Waals surface area contributed by atoms with Crippen LogP contribution in [-0.2, 0) is 4.74 Å². The first-order valence-corrected chi connectivity index (χ1v) is 7.61. The van der Waals surface area contributed by atoms with E-state index in [1.165, 1.54) is 0 Å². The Kier molecular flexibility index (Phi) is 3.65. The summed E-state index contributed by atoms with van der Waals surface area (Å²) in [4.78, 5) is 11.3. The van der Waals surface area contributed by atoms with Crippen LogP contribution in [0.25, 0.3) is 11.0 Å². The number of aromatic nitrogens is 2. The fourth-order valence-corrected chi connectivity index (χ4v) is 3.14. The SMILES string of the molecule is COC1(C)CCCN(c2ccnc3cc(Br)cnc23)C1. The molecule has 5 heteroatoms. The van der Waals surface area contributed by atoms with Crippen molar-refractivity contribution in [3.05, 3.63) is 29.0 Å². The number of methoxy groups -OCH3 is 1. The Bertz CT molecular complexity index is 634. The van der Waals surface area contributed by atoms with Crippen molar-refractivity contribution in [2.24, 2.45) is 0 Å². The van der Waals surface area contributed by atoms with Crippen LogP contribution < -0.4 is 4.90 Å². The van der Waals surface area contributed by atoms with Gasteiger partial charge in [-0.15, -0.1) is 0 Å². The van der Waals surface area contributed by atoms with E-state index in [1.807, 2.05) is 24.5 Å². The summed E-state index contributed by atoms with van der Waals surface area (Å²) in [5.41, 5.74) is 2.94. The summed E-state index contributed by atoms with van der Waals surface area (Å²) in [6.45, 7) is 4.10. The molecule has 2 aromatic heterocycles. The Labute approximate surface area is 127 Å². The Hall–Kier alpha value is -1.20. The molecule has 1 saturated heterocycles. The summed E-state index contributed by atoms with van der Waals surface area (Å²) in [6, 6.07) is 4.05. The third-order valence-electron chi connectivity index (χ3n) is 4.02. The van der Waals surface area contributed by atoms with E-state index in [0.29, 0.717) is 0 Å². The second-order valence-electron chi connectivity index (χ2n) is 5.53. The summed E-state index contributed by atoms with van der Waals surface area (Å²) >= 11 is 3.45. The normalized spacial score (nSPS) is 23.2. The highest BCUT2D eigenvalue weighted by molar-refractivity contribution is 9.10. The molecule has 106 valence electrons. The summed E-state index contributed by atoms with van der Waals surface area (Å²) in [5, 5.41) is 0. The molecular weight excluding hydrogens is 318 g/mol. The minimum Gasteiger partial charge on any atom is -0.377 e. The van der Waals surface area contributed by atoms with Crippen molar-refractivity contribution < 1.29 is 4.74 Å². The summed E-state index contributed by atoms with van der Waals surface area (Å²) in [5.74, 6) is 0. The molecule has 3 rings (SSSR count). The first-order chi connectivity index (χ1) is 9.61. The zero-order valence-electron chi connectivity index (χ0n) is 11.8. The molecule has 0 amide bonds. The van der Waals surface area contributed by atoms with Gasteiger partial charge in [0.15, 0.2) is 0 Å². The molecule has 0 radical (unpaired) electrons. The molecule has 1 atom stereocenters. The number of halogens is 1. The molecule has 0 spiro atoms. The largest absolute Gasteiger partial charge is 0.377 e. The van der Waals surface area contributed by atoms with E-state index >= 15 is 0 Å². The molecular formula is C15H18BrN3O. The van der Waals surface area contributed by atoms with Crippen molar-refractivity contribution in [1.82, 2.24) is 9.97 Å². The smallest absolute Gasteiger partial charge is 0.112 e. The number of ether oxygens (including phenoxy) is 1. The number of hydrogen-bond acceptors (Lipinski definition) is 4. The summed E-state index contributed by atoms with van der Waals surface area (Å²) < 4.78 is 6.63. The lowest BCUT2D eigenvalue weighted by Crippen LogP contribution is -2.47. The minimum atomic E-state index is -0.0802. The van der Waals surface area contributed by atoms with Gasteiger partial charge in [-0.25, -0.2) is 0 Å². The zero-order chi connectivity index (χ0) is 14.2. The third kappa shape index (κ3) is 2.52. The first kappa shape index (κ1) is 13.8. The van der Waals surface area contributed by atoms with Gasteiger partial charge in [0.05, 0.1) is 16.8 Å². The van der Waals surface area contributed by atoms with E-state index in [0.717, 1.165) is 47.1 Å². The van der Waals surface area contributed by atoms with Gasteiger partial charge in [0.1, 0.15) is 5.52 Å². The Morgan fingerprint density at radius 2 is 2.25 bits per heavy atom. The van der Waals surface area contributed by atoms with Gasteiger partial charge in [-0.2, -0.15) is 0 Å². The van der Waals surface area contributed by atoms with Crippen LogP contribution in [0.5, 0.6) is 0 Å². The molecule has 1 aliphatic heterocycles. The fraction of sp³-hybridized carbons (Fsp3) is 0.467. The highest BCUT2D eigenvalue weighted by atomic mass is 79.9. The van der Waals surface area contributed by atoms with E-state index < -0.39 is 0 Å². The van der Waals surface area contributed by atoms with Gasteiger partial charge in [-0.1, -0.05) is 0 Å². The van der Waals surface area contributed by atoms with E-state index in [1.54, 1.807) is 7.11 Å². The summed E-state index contributed by atoms with van der Waals surface area (Å²) in [6.07, 6.45) is 5.91. The Balaban J connectivity index is 2.01. The monoisotopic (exact) mass is 335 g/mol. The maximum Gasteiger partial charge on any atom is 0.112 e. The quantitative estimate of drug-likeness (QED) is 0.843. The number of hydrogen-bond donors (Lipinski definition) is 0. The van der Waals surface area contributed by atoms with Crippen molar-refractivity contribution in [2.45, 2.75) is 25.4 Å². The lowest BCUT2D eigenvalue weighted by atomic mass is 9.94. The first-order valence-electron chi connectivity index (χ1n) is 6.82. The lowest BCUT2D eigenvalue weighted by Gasteiger charge is -2.40. The van der Waals surface area contributed by atoms with Gasteiger partial charge in [-0.3, -0.25) is 9.97 Å². The number of nitrogens with zero attached hydrogens (tertiary/aromatic N) is 3. The molecule has 0 saturated carbocycles. The maximum atomic E-state index is 5.68. The Morgan fingerprint density at radius 3 is 3.05 bits per heavy atom. The van der Waals surface area contributed by atoms with Crippen molar-refractivity contribution in [1.29, 1.82) is 0 Å². The molecule has 20 heavy (non-hydrogen) atoms. The lowest BCUT2D eigenvalue weighted by molar-refractivity contribution is -0.00460. The van der Waals surface area contributed by atoms with Crippen LogP contribution in [0.4, 0.5) is 5.69 Å². The predicted octanol–water partition coefficient (Wildman–Crippen LogP) is 3.40. The van der Waals surface area contributed by atoms with E-state index in [-0.39, 0.29) is 5.60 Å². The molecule has 2 aromatic rings. The molecule has 3 heterocycles. The summed E-state index contributed by atoms with van der Waals surface area (Å²) in [7, 11) is 1.80. The second kappa shape index (κ2) is 5.30. The minimum absolute atomic E-state index is 0.0802. The highest BCUT2D eigenvalue weighted by Crippen LogP contribution is 2.31. The van der Waals surface area contributed by atoms with Crippen LogP contribution in [-0.4, -0.2) is 35.8 Å². The number of piperidine rings is 1. The van der Waals surface area contributed by atoms with Crippen LogP contribution in [0.2, 0.25) is 0 Å². The predicted molar refractivity (Wildman–Crippen MR) is 84.1 cm³/mol. The number of pyridine rings is 2. The van der Waals surface area contributed by atoms with Gasteiger partial charge in [-0.05, 0) is 47.8 Å². The van der Waals surface area contributed by atoms with Crippen LogP contribution in [0.15, 0.2) is 29.0 Å². The van der Waals surface area contributed by atoms with E-state index in [2.05, 4.69) is 37.7 Å². The van der Waals surface area contributed by atoms with Gasteiger partial charge in [0.2, 0.25) is 0 Å². The number of anilines is 1. The van der Waals surface area contributed by atoms with Crippen molar-refractivity contribution in [2.75, 3.05) is 25.1 Å². The Morgan fingerprint density at radius 1 is 1.40 bits per heavy atom. The van der Waals surface area contributed by atoms with Crippen molar-refractivity contribution in [3.8, 4) is 0 Å². The molecule has 1 fully saturated rings. The number of fused-ring (bicyclic) bond motifs is 1. The number of rotatable bonds is 2. The third-order valence-corrected chi connectivity index (χ3v) is 4.45. The fourth-order valence-electron chi connectivity index (χ4n) is 2.82. The molecule has 0 N–H and O–H groups in total. The van der Waals surface area contributed by atoms with Gasteiger partial charge in [0, 0.05) is 37.1 Å². The molecule has 4 nitrogen and oxygen atoms in total. The average molecular weight is 336 g/mol. The molecule has 1 aliphatic rings. The van der Waals surface area contributed by atoms with E-state index in [4.69, 9.17) is 4.74 Å². The molecule has 0 bridgehead atoms. The average Bonchev–Trinajstić information content (AvgIpc) is 2.46. The van der Waals surface area contributed by atoms with Gasteiger partial charge >= 0.3 is 0 Å². The standard InChI is InChI=1S/C15H18BrN3O/c1-15(20-2)5-3-7-19(10-15)13-4-6-17-12-8-11(16)9-18-14(12)13/h4,6,8-9H,3,5,7,10H2,1-2H3. The van der Waals surface area contributed by atoms with Crippen LogP contribution in [0.3, 0.4) is 0 Å². The van der Waals surface area contributed by atoms with Crippen LogP contribution >= 0.6 is 15.9 Å². The molecule has 1 unspecified atom stereocenters. The zero-order valence-corrected chi connectivity index (χ0v) is 13.4. The topological polar surface area (TPSA) is 38.2 Å². The van der Waals surface area contributed by atoms with Crippen LogP contribution in [0.1, 0.15) is 19.8 Å². The highest BCUT2D eigenvalue weighted by Gasteiger charge is 2.31. The molecule has 0 aliphatic carbocycles. The van der Waals surface area contributed by atoms with Gasteiger partial charge < -0.3 is 9.64 Å². The molecule has 0 aromatic carbocycles. The van der Waals surface area contributed by atoms with Gasteiger partial charge in [0.25, 0.3) is 0 Å². The van der Waals surface area contributed by atoms with Crippen molar-refractivity contribution >= 4 is 32.7 Å². The second-order valence-corrected chi connectivity index (χ2v) is 6.45. The maximum absolute atomic E-state index is 5.68. The van der Waals surface area contributed by atoms with Crippen LogP contribution in [0, 0.1) is 0 Å². The van der Waals surface area contributed by atoms with E-state index in [9.17, 15) is 0 Å². The van der Waals surface area contributed by atoms with Crippen molar-refractivity contribution in [3.63, 3.8) is 0 Å².